The molecule has 1 aliphatic carbocycles. The fraction of sp³-hybridized carbons (Fsp3) is 0.571. The molecule has 1 heterocycles. The monoisotopic (exact) mass is 237 g/mol. The molecule has 1 atom stereocenters. The molecule has 1 saturated heterocycles. The van der Waals surface area contributed by atoms with Gasteiger partial charge >= 0.3 is 0 Å². The highest BCUT2D eigenvalue weighted by Gasteiger charge is 2.57. The van der Waals surface area contributed by atoms with Gasteiger partial charge in [0, 0.05) is 18.9 Å². The van der Waals surface area contributed by atoms with Gasteiger partial charge in [-0.15, -0.1) is 0 Å². The third kappa shape index (κ3) is 2.08. The normalized spacial score (nSPS) is 29.9. The van der Waals surface area contributed by atoms with Crippen molar-refractivity contribution >= 4 is 0 Å². The lowest BCUT2D eigenvalue weighted by molar-refractivity contribution is -0.174. The molecular weight excluding hydrogens is 220 g/mol. The number of nitrogens with one attached hydrogen (secondary N) is 1. The summed E-state index contributed by atoms with van der Waals surface area (Å²) < 4.78 is 26.2. The van der Waals surface area contributed by atoms with Crippen molar-refractivity contribution in [3.63, 3.8) is 0 Å². The number of alkyl halides is 2. The van der Waals surface area contributed by atoms with Crippen LogP contribution in [0.2, 0.25) is 0 Å². The van der Waals surface area contributed by atoms with Gasteiger partial charge in [0.1, 0.15) is 0 Å². The molecule has 0 aromatic heterocycles. The maximum Gasteiger partial charge on any atom is 0.249 e. The van der Waals surface area contributed by atoms with Crippen molar-refractivity contribution in [2.45, 2.75) is 37.6 Å². The molecule has 92 valence electrons. The second-order valence-electron chi connectivity index (χ2n) is 5.58. The van der Waals surface area contributed by atoms with Gasteiger partial charge in [-0.1, -0.05) is 30.3 Å². The van der Waals surface area contributed by atoms with Crippen molar-refractivity contribution in [2.75, 3.05) is 6.54 Å². The predicted octanol–water partition coefficient (Wildman–Crippen LogP) is 3.53. The first-order chi connectivity index (χ1) is 8.09. The number of halogens is 2. The summed E-state index contributed by atoms with van der Waals surface area (Å²) in [5.74, 6) is -2.40. The lowest BCUT2D eigenvalue weighted by Crippen LogP contribution is -2.52. The number of rotatable bonds is 1. The Balaban J connectivity index is 1.73. The van der Waals surface area contributed by atoms with Gasteiger partial charge in [0.05, 0.1) is 0 Å². The number of benzene rings is 1. The molecule has 1 N–H and O–H groups in total. The highest BCUT2D eigenvalue weighted by Crippen LogP contribution is 2.58. The standard InChI is InChI=1S/C14H17F2N/c15-14(16)9-13(10-14)6-7-17-12(8-13)11-4-2-1-3-5-11/h1-5,12,17H,6-10H2/t12-/m1/s1. The predicted molar refractivity (Wildman–Crippen MR) is 63.0 cm³/mol. The summed E-state index contributed by atoms with van der Waals surface area (Å²) in [6.45, 7) is 0.857. The van der Waals surface area contributed by atoms with E-state index in [1.165, 1.54) is 5.56 Å². The third-order valence-corrected chi connectivity index (χ3v) is 4.15. The van der Waals surface area contributed by atoms with Crippen LogP contribution >= 0.6 is 0 Å². The molecule has 17 heavy (non-hydrogen) atoms. The van der Waals surface area contributed by atoms with Gasteiger partial charge in [-0.25, -0.2) is 8.78 Å². The molecule has 1 spiro atoms. The van der Waals surface area contributed by atoms with Crippen LogP contribution in [0.4, 0.5) is 8.78 Å². The van der Waals surface area contributed by atoms with E-state index in [-0.39, 0.29) is 24.3 Å². The SMILES string of the molecule is FC1(F)CC2(CCN[C@@H](c3ccccc3)C2)C1. The lowest BCUT2D eigenvalue weighted by atomic mass is 9.59. The van der Waals surface area contributed by atoms with E-state index < -0.39 is 5.92 Å². The Morgan fingerprint density at radius 1 is 1.12 bits per heavy atom. The zero-order valence-electron chi connectivity index (χ0n) is 9.76. The first-order valence-corrected chi connectivity index (χ1v) is 6.25. The molecule has 0 amide bonds. The molecule has 1 aromatic carbocycles. The Morgan fingerprint density at radius 3 is 2.47 bits per heavy atom. The molecule has 3 heteroatoms. The maximum absolute atomic E-state index is 13.1. The fourth-order valence-corrected chi connectivity index (χ4v) is 3.41. The summed E-state index contributed by atoms with van der Waals surface area (Å²) >= 11 is 0. The molecule has 0 unspecified atom stereocenters. The molecule has 2 aliphatic rings. The van der Waals surface area contributed by atoms with Gasteiger partial charge in [-0.05, 0) is 30.4 Å². The molecule has 3 rings (SSSR count). The summed E-state index contributed by atoms with van der Waals surface area (Å²) in [5.41, 5.74) is 1.12. The van der Waals surface area contributed by atoms with Crippen molar-refractivity contribution in [3.8, 4) is 0 Å². The largest absolute Gasteiger partial charge is 0.310 e. The molecule has 1 nitrogen and oxygen atoms in total. The number of hydrogen-bond acceptors (Lipinski definition) is 1. The first kappa shape index (κ1) is 11.1. The van der Waals surface area contributed by atoms with Gasteiger partial charge in [-0.2, -0.15) is 0 Å². The van der Waals surface area contributed by atoms with E-state index in [0.717, 1.165) is 19.4 Å². The van der Waals surface area contributed by atoms with E-state index in [9.17, 15) is 8.78 Å². The molecule has 2 fully saturated rings. The van der Waals surface area contributed by atoms with Crippen LogP contribution in [0.15, 0.2) is 30.3 Å². The van der Waals surface area contributed by atoms with E-state index in [4.69, 9.17) is 0 Å². The zero-order valence-corrected chi connectivity index (χ0v) is 9.76. The Kier molecular flexibility index (Phi) is 2.47. The molecule has 0 radical (unpaired) electrons. The minimum atomic E-state index is -2.40. The van der Waals surface area contributed by atoms with Gasteiger partial charge in [0.25, 0.3) is 0 Å². The van der Waals surface area contributed by atoms with Crippen LogP contribution in [0.3, 0.4) is 0 Å². The minimum absolute atomic E-state index is 0.0883. The molecule has 1 aliphatic heterocycles. The zero-order chi connectivity index (χ0) is 11.9. The Labute approximate surface area is 100 Å². The van der Waals surface area contributed by atoms with Crippen LogP contribution in [-0.2, 0) is 0 Å². The Hall–Kier alpha value is -0.960. The van der Waals surface area contributed by atoms with Gasteiger partial charge in [-0.3, -0.25) is 0 Å². The fourth-order valence-electron chi connectivity index (χ4n) is 3.41. The topological polar surface area (TPSA) is 12.0 Å². The summed E-state index contributed by atoms with van der Waals surface area (Å²) in [7, 11) is 0. The smallest absolute Gasteiger partial charge is 0.249 e. The average molecular weight is 237 g/mol. The Morgan fingerprint density at radius 2 is 1.82 bits per heavy atom. The average Bonchev–Trinajstić information content (AvgIpc) is 2.28. The van der Waals surface area contributed by atoms with E-state index in [2.05, 4.69) is 17.4 Å². The number of piperidine rings is 1. The van der Waals surface area contributed by atoms with Crippen LogP contribution in [0.5, 0.6) is 0 Å². The Bertz CT molecular complexity index is 394. The third-order valence-electron chi connectivity index (χ3n) is 4.15. The summed E-state index contributed by atoms with van der Waals surface area (Å²) in [4.78, 5) is 0. The van der Waals surface area contributed by atoms with E-state index >= 15 is 0 Å². The summed E-state index contributed by atoms with van der Waals surface area (Å²) in [6.07, 6.45) is 1.93. The molecule has 1 saturated carbocycles. The second-order valence-corrected chi connectivity index (χ2v) is 5.58. The molecular formula is C14H17F2N. The van der Waals surface area contributed by atoms with E-state index in [0.29, 0.717) is 0 Å². The highest BCUT2D eigenvalue weighted by molar-refractivity contribution is 5.21. The van der Waals surface area contributed by atoms with Crippen LogP contribution in [0.1, 0.15) is 37.3 Å². The second kappa shape index (κ2) is 3.77. The number of hydrogen-bond donors (Lipinski definition) is 1. The van der Waals surface area contributed by atoms with Crippen LogP contribution < -0.4 is 5.32 Å². The van der Waals surface area contributed by atoms with E-state index in [1.54, 1.807) is 0 Å². The molecule has 1 aromatic rings. The van der Waals surface area contributed by atoms with Crippen LogP contribution in [0, 0.1) is 5.41 Å². The van der Waals surface area contributed by atoms with E-state index in [1.807, 2.05) is 18.2 Å². The summed E-state index contributed by atoms with van der Waals surface area (Å²) in [5, 5.41) is 3.44. The van der Waals surface area contributed by atoms with Crippen molar-refractivity contribution in [2.24, 2.45) is 5.41 Å². The first-order valence-electron chi connectivity index (χ1n) is 6.25. The quantitative estimate of drug-likeness (QED) is 0.788. The van der Waals surface area contributed by atoms with Crippen LogP contribution in [0.25, 0.3) is 0 Å². The highest BCUT2D eigenvalue weighted by atomic mass is 19.3. The van der Waals surface area contributed by atoms with Crippen molar-refractivity contribution in [1.29, 1.82) is 0 Å². The molecule has 0 bridgehead atoms. The van der Waals surface area contributed by atoms with Crippen molar-refractivity contribution in [3.05, 3.63) is 35.9 Å². The van der Waals surface area contributed by atoms with Crippen LogP contribution in [-0.4, -0.2) is 12.5 Å². The summed E-state index contributed by atoms with van der Waals surface area (Å²) in [6, 6.07) is 10.4. The van der Waals surface area contributed by atoms with Crippen molar-refractivity contribution < 1.29 is 8.78 Å². The minimum Gasteiger partial charge on any atom is -0.310 e. The van der Waals surface area contributed by atoms with Gasteiger partial charge in [0.15, 0.2) is 0 Å². The van der Waals surface area contributed by atoms with Crippen molar-refractivity contribution in [1.82, 2.24) is 5.32 Å². The van der Waals surface area contributed by atoms with Gasteiger partial charge < -0.3 is 5.32 Å². The van der Waals surface area contributed by atoms with Gasteiger partial charge in [0.2, 0.25) is 5.92 Å². The lowest BCUT2D eigenvalue weighted by Gasteiger charge is -2.52. The maximum atomic E-state index is 13.1.